The van der Waals surface area contributed by atoms with Gasteiger partial charge < -0.3 is 5.32 Å². The zero-order valence-electron chi connectivity index (χ0n) is 12.3. The van der Waals surface area contributed by atoms with E-state index in [1.807, 2.05) is 0 Å². The molecule has 0 aliphatic heterocycles. The van der Waals surface area contributed by atoms with Crippen molar-refractivity contribution in [3.05, 3.63) is 0 Å². The fourth-order valence-corrected chi connectivity index (χ4v) is 2.40. The highest BCUT2D eigenvalue weighted by Gasteiger charge is 2.29. The topological polar surface area (TPSA) is 12.0 Å². The third-order valence-corrected chi connectivity index (χ3v) is 4.34. The fraction of sp³-hybridized carbons (Fsp3) is 1.00. The maximum Gasteiger partial charge on any atom is 0.00967 e. The van der Waals surface area contributed by atoms with Crippen LogP contribution in [0, 0.1) is 11.3 Å². The summed E-state index contributed by atoms with van der Waals surface area (Å²) in [5.74, 6) is 3.26. The summed E-state index contributed by atoms with van der Waals surface area (Å²) >= 11 is 2.06. The van der Waals surface area contributed by atoms with Crippen LogP contribution >= 0.6 is 11.8 Å². The molecule has 98 valence electrons. The molecular formula is C14H31NS. The van der Waals surface area contributed by atoms with Crippen LogP contribution in [0.3, 0.4) is 0 Å². The van der Waals surface area contributed by atoms with Crippen LogP contribution in [0.2, 0.25) is 0 Å². The van der Waals surface area contributed by atoms with Crippen molar-refractivity contribution in [2.45, 2.75) is 60.4 Å². The van der Waals surface area contributed by atoms with E-state index in [1.54, 1.807) is 0 Å². The molecule has 0 bridgehead atoms. The quantitative estimate of drug-likeness (QED) is 0.675. The molecule has 0 aromatic carbocycles. The molecule has 1 nitrogen and oxygen atoms in total. The van der Waals surface area contributed by atoms with E-state index >= 15 is 0 Å². The first-order valence-corrected chi connectivity index (χ1v) is 7.69. The standard InChI is InChI=1S/C14H31NS/c1-8-16-10-9-14(7,12(2)3)11-15-13(4,5)6/h12,15H,8-11H2,1-7H3. The van der Waals surface area contributed by atoms with Gasteiger partial charge in [-0.15, -0.1) is 0 Å². The smallest absolute Gasteiger partial charge is 0.00967 e. The van der Waals surface area contributed by atoms with Crippen molar-refractivity contribution in [2.75, 3.05) is 18.1 Å². The van der Waals surface area contributed by atoms with E-state index in [1.165, 1.54) is 17.9 Å². The SMILES string of the molecule is CCSCCC(C)(CNC(C)(C)C)C(C)C. The van der Waals surface area contributed by atoms with E-state index in [0.29, 0.717) is 5.41 Å². The maximum absolute atomic E-state index is 3.66. The van der Waals surface area contributed by atoms with Crippen molar-refractivity contribution >= 4 is 11.8 Å². The average molecular weight is 245 g/mol. The van der Waals surface area contributed by atoms with E-state index in [4.69, 9.17) is 0 Å². The Morgan fingerprint density at radius 3 is 2.06 bits per heavy atom. The molecule has 0 aliphatic rings. The fourth-order valence-electron chi connectivity index (χ4n) is 1.50. The lowest BCUT2D eigenvalue weighted by Crippen LogP contribution is -2.45. The minimum Gasteiger partial charge on any atom is -0.312 e. The highest BCUT2D eigenvalue weighted by Crippen LogP contribution is 2.32. The molecule has 0 saturated carbocycles. The minimum absolute atomic E-state index is 0.230. The molecule has 0 aromatic heterocycles. The van der Waals surface area contributed by atoms with E-state index in [2.05, 4.69) is 65.5 Å². The molecule has 0 rings (SSSR count). The lowest BCUT2D eigenvalue weighted by molar-refractivity contribution is 0.183. The molecule has 0 aromatic rings. The molecule has 1 atom stereocenters. The van der Waals surface area contributed by atoms with Crippen molar-refractivity contribution in [3.8, 4) is 0 Å². The van der Waals surface area contributed by atoms with Gasteiger partial charge in [0.05, 0.1) is 0 Å². The molecular weight excluding hydrogens is 214 g/mol. The van der Waals surface area contributed by atoms with Crippen LogP contribution in [0.4, 0.5) is 0 Å². The zero-order valence-corrected chi connectivity index (χ0v) is 13.1. The Kier molecular flexibility index (Phi) is 7.04. The van der Waals surface area contributed by atoms with E-state index in [9.17, 15) is 0 Å². The van der Waals surface area contributed by atoms with Crippen LogP contribution < -0.4 is 5.32 Å². The molecule has 0 spiro atoms. The molecule has 2 heteroatoms. The second-order valence-electron chi connectivity index (χ2n) is 6.36. The third-order valence-electron chi connectivity index (χ3n) is 3.44. The number of hydrogen-bond donors (Lipinski definition) is 1. The molecule has 0 radical (unpaired) electrons. The van der Waals surface area contributed by atoms with E-state index in [-0.39, 0.29) is 5.54 Å². The summed E-state index contributed by atoms with van der Waals surface area (Å²) < 4.78 is 0. The largest absolute Gasteiger partial charge is 0.312 e. The van der Waals surface area contributed by atoms with Crippen LogP contribution in [0.5, 0.6) is 0 Å². The monoisotopic (exact) mass is 245 g/mol. The van der Waals surface area contributed by atoms with E-state index < -0.39 is 0 Å². The molecule has 0 heterocycles. The highest BCUT2D eigenvalue weighted by molar-refractivity contribution is 7.99. The van der Waals surface area contributed by atoms with Crippen LogP contribution in [0.15, 0.2) is 0 Å². The van der Waals surface area contributed by atoms with Crippen LogP contribution in [-0.4, -0.2) is 23.6 Å². The first kappa shape index (κ1) is 16.3. The zero-order chi connectivity index (χ0) is 12.8. The Morgan fingerprint density at radius 1 is 1.12 bits per heavy atom. The Morgan fingerprint density at radius 2 is 1.69 bits per heavy atom. The third kappa shape index (κ3) is 6.80. The van der Waals surface area contributed by atoms with Gasteiger partial charge >= 0.3 is 0 Å². The van der Waals surface area contributed by atoms with Gasteiger partial charge in [0.25, 0.3) is 0 Å². The number of rotatable bonds is 7. The maximum atomic E-state index is 3.66. The summed E-state index contributed by atoms with van der Waals surface area (Å²) in [6, 6.07) is 0. The summed E-state index contributed by atoms with van der Waals surface area (Å²) in [5, 5.41) is 3.66. The Balaban J connectivity index is 4.22. The Labute approximate surface area is 107 Å². The van der Waals surface area contributed by atoms with Gasteiger partial charge in [0, 0.05) is 12.1 Å². The van der Waals surface area contributed by atoms with Gasteiger partial charge in [-0.1, -0.05) is 27.7 Å². The second kappa shape index (κ2) is 6.90. The van der Waals surface area contributed by atoms with Crippen molar-refractivity contribution < 1.29 is 0 Å². The van der Waals surface area contributed by atoms with Gasteiger partial charge in [-0.05, 0) is 50.0 Å². The van der Waals surface area contributed by atoms with E-state index in [0.717, 1.165) is 12.5 Å². The molecule has 0 amide bonds. The van der Waals surface area contributed by atoms with Crippen LogP contribution in [0.25, 0.3) is 0 Å². The Hall–Kier alpha value is 0.310. The first-order valence-electron chi connectivity index (χ1n) is 6.54. The summed E-state index contributed by atoms with van der Waals surface area (Å²) in [7, 11) is 0. The van der Waals surface area contributed by atoms with Crippen molar-refractivity contribution in [2.24, 2.45) is 11.3 Å². The number of thioether (sulfide) groups is 1. The molecule has 0 aliphatic carbocycles. The van der Waals surface area contributed by atoms with Crippen molar-refractivity contribution in [1.82, 2.24) is 5.32 Å². The minimum atomic E-state index is 0.230. The number of nitrogens with one attached hydrogen (secondary N) is 1. The van der Waals surface area contributed by atoms with Gasteiger partial charge in [-0.25, -0.2) is 0 Å². The predicted octanol–water partition coefficient (Wildman–Crippen LogP) is 4.18. The molecule has 1 unspecified atom stereocenters. The molecule has 16 heavy (non-hydrogen) atoms. The van der Waals surface area contributed by atoms with Crippen molar-refractivity contribution in [3.63, 3.8) is 0 Å². The average Bonchev–Trinajstić information content (AvgIpc) is 2.14. The molecule has 0 saturated heterocycles. The molecule has 1 N–H and O–H groups in total. The van der Waals surface area contributed by atoms with Gasteiger partial charge in [-0.2, -0.15) is 11.8 Å². The predicted molar refractivity (Wildman–Crippen MR) is 78.3 cm³/mol. The van der Waals surface area contributed by atoms with Crippen LogP contribution in [0.1, 0.15) is 54.9 Å². The van der Waals surface area contributed by atoms with Gasteiger partial charge in [-0.3, -0.25) is 0 Å². The highest BCUT2D eigenvalue weighted by atomic mass is 32.2. The van der Waals surface area contributed by atoms with Crippen molar-refractivity contribution in [1.29, 1.82) is 0 Å². The van der Waals surface area contributed by atoms with Gasteiger partial charge in [0.15, 0.2) is 0 Å². The summed E-state index contributed by atoms with van der Waals surface area (Å²) in [5.41, 5.74) is 0.656. The van der Waals surface area contributed by atoms with Crippen LogP contribution in [-0.2, 0) is 0 Å². The summed E-state index contributed by atoms with van der Waals surface area (Å²) in [6.45, 7) is 17.2. The number of hydrogen-bond acceptors (Lipinski definition) is 2. The summed E-state index contributed by atoms with van der Waals surface area (Å²) in [4.78, 5) is 0. The normalized spacial score (nSPS) is 16.5. The second-order valence-corrected chi connectivity index (χ2v) is 7.75. The lowest BCUT2D eigenvalue weighted by atomic mass is 9.76. The first-order chi connectivity index (χ1) is 7.21. The summed E-state index contributed by atoms with van der Waals surface area (Å²) in [6.07, 6.45) is 1.31. The van der Waals surface area contributed by atoms with Gasteiger partial charge in [0.2, 0.25) is 0 Å². The Bertz CT molecular complexity index is 184. The molecule has 0 fully saturated rings. The lowest BCUT2D eigenvalue weighted by Gasteiger charge is -2.37. The van der Waals surface area contributed by atoms with Gasteiger partial charge in [0.1, 0.15) is 0 Å².